The number of rotatable bonds is 4. The average molecular weight is 349 g/mol. The molecule has 2 heterocycles. The van der Waals surface area contributed by atoms with Crippen molar-refractivity contribution in [3.8, 4) is 5.75 Å². The van der Waals surface area contributed by atoms with Gasteiger partial charge in [-0.3, -0.25) is 9.59 Å². The van der Waals surface area contributed by atoms with E-state index in [2.05, 4.69) is 5.32 Å². The van der Waals surface area contributed by atoms with Crippen LogP contribution in [0.1, 0.15) is 12.8 Å². The number of phenolic OH excluding ortho intramolecular Hbond substituents is 1. The molecule has 1 aromatic rings. The van der Waals surface area contributed by atoms with E-state index in [1.165, 1.54) is 11.8 Å². The first kappa shape index (κ1) is 17.1. The molecule has 0 aromatic heterocycles. The number of hydrogen-bond acceptors (Lipinski definition) is 5. The van der Waals surface area contributed by atoms with E-state index in [0.29, 0.717) is 18.8 Å². The Labute approximate surface area is 146 Å². The van der Waals surface area contributed by atoms with Crippen LogP contribution in [0.5, 0.6) is 5.75 Å². The summed E-state index contributed by atoms with van der Waals surface area (Å²) in [6.45, 7) is 3.37. The lowest BCUT2D eigenvalue weighted by molar-refractivity contribution is -0.139. The Morgan fingerprint density at radius 2 is 2.08 bits per heavy atom. The van der Waals surface area contributed by atoms with Crippen LogP contribution >= 0.6 is 11.8 Å². The molecule has 3 rings (SSSR count). The molecule has 24 heavy (non-hydrogen) atoms. The van der Waals surface area contributed by atoms with Gasteiger partial charge in [-0.05, 0) is 37.1 Å². The number of likely N-dealkylation sites (tertiary alicyclic amines) is 1. The Balaban J connectivity index is 1.52. The van der Waals surface area contributed by atoms with E-state index in [4.69, 9.17) is 0 Å². The molecule has 0 aliphatic carbocycles. The van der Waals surface area contributed by atoms with Crippen molar-refractivity contribution in [1.82, 2.24) is 15.1 Å². The predicted molar refractivity (Wildman–Crippen MR) is 93.0 cm³/mol. The lowest BCUT2D eigenvalue weighted by atomic mass is 10.0. The summed E-state index contributed by atoms with van der Waals surface area (Å²) in [6, 6.07) is 7.02. The van der Waals surface area contributed by atoms with Crippen LogP contribution in [0.15, 0.2) is 29.2 Å². The molecule has 0 radical (unpaired) electrons. The van der Waals surface area contributed by atoms with Crippen molar-refractivity contribution in [2.75, 3.05) is 38.5 Å². The highest BCUT2D eigenvalue weighted by Crippen LogP contribution is 2.23. The summed E-state index contributed by atoms with van der Waals surface area (Å²) < 4.78 is 0. The quantitative estimate of drug-likeness (QED) is 0.791. The Morgan fingerprint density at radius 1 is 1.29 bits per heavy atom. The van der Waals surface area contributed by atoms with Gasteiger partial charge >= 0.3 is 0 Å². The third kappa shape index (κ3) is 4.21. The minimum absolute atomic E-state index is 0.111. The third-order valence-corrected chi connectivity index (χ3v) is 5.51. The zero-order chi connectivity index (χ0) is 16.9. The summed E-state index contributed by atoms with van der Waals surface area (Å²) in [4.78, 5) is 29.3. The van der Waals surface area contributed by atoms with E-state index in [1.807, 2.05) is 21.9 Å². The fourth-order valence-corrected chi connectivity index (χ4v) is 4.02. The minimum Gasteiger partial charge on any atom is -0.508 e. The molecule has 130 valence electrons. The van der Waals surface area contributed by atoms with Gasteiger partial charge in [0.2, 0.25) is 11.8 Å². The van der Waals surface area contributed by atoms with Crippen molar-refractivity contribution in [2.45, 2.75) is 23.8 Å². The van der Waals surface area contributed by atoms with Gasteiger partial charge in [-0.2, -0.15) is 0 Å². The number of amides is 2. The van der Waals surface area contributed by atoms with Crippen molar-refractivity contribution < 1.29 is 14.7 Å². The van der Waals surface area contributed by atoms with E-state index in [1.54, 1.807) is 12.1 Å². The molecule has 1 atom stereocenters. The van der Waals surface area contributed by atoms with Gasteiger partial charge in [-0.25, -0.2) is 0 Å². The summed E-state index contributed by atoms with van der Waals surface area (Å²) >= 11 is 1.48. The standard InChI is InChI=1S/C17H23N3O3S/c21-14-3-5-15(6-4-14)24-12-17(23)19-8-1-2-13(11-19)20-9-7-18-10-16(20)22/h3-6,13,18,21H,1-2,7-12H2. The summed E-state index contributed by atoms with van der Waals surface area (Å²) in [5.74, 6) is 0.858. The number of thioether (sulfide) groups is 1. The molecule has 2 aliphatic rings. The second kappa shape index (κ2) is 7.90. The molecule has 2 N–H and O–H groups in total. The third-order valence-electron chi connectivity index (χ3n) is 4.52. The monoisotopic (exact) mass is 349 g/mol. The number of piperidine rings is 1. The van der Waals surface area contributed by atoms with Crippen LogP contribution in [-0.4, -0.2) is 71.2 Å². The normalized spacial score (nSPS) is 21.8. The Morgan fingerprint density at radius 3 is 2.83 bits per heavy atom. The summed E-state index contributed by atoms with van der Waals surface area (Å²) in [5, 5.41) is 12.4. The summed E-state index contributed by atoms with van der Waals surface area (Å²) in [7, 11) is 0. The fraction of sp³-hybridized carbons (Fsp3) is 0.529. The molecule has 0 saturated carbocycles. The van der Waals surface area contributed by atoms with Gasteiger partial charge in [-0.1, -0.05) is 0 Å². The predicted octanol–water partition coefficient (Wildman–Crippen LogP) is 0.907. The van der Waals surface area contributed by atoms with Gasteiger partial charge in [0.1, 0.15) is 5.75 Å². The first-order valence-electron chi connectivity index (χ1n) is 8.33. The van der Waals surface area contributed by atoms with Crippen LogP contribution < -0.4 is 5.32 Å². The molecule has 0 spiro atoms. The number of carbonyl (C=O) groups excluding carboxylic acids is 2. The fourth-order valence-electron chi connectivity index (χ4n) is 3.22. The summed E-state index contributed by atoms with van der Waals surface area (Å²) in [5.41, 5.74) is 0. The molecule has 1 aromatic carbocycles. The summed E-state index contributed by atoms with van der Waals surface area (Å²) in [6.07, 6.45) is 1.91. The number of piperazine rings is 1. The lowest BCUT2D eigenvalue weighted by Gasteiger charge is -2.41. The molecular weight excluding hydrogens is 326 g/mol. The lowest BCUT2D eigenvalue weighted by Crippen LogP contribution is -2.57. The van der Waals surface area contributed by atoms with Crippen molar-refractivity contribution in [2.24, 2.45) is 0 Å². The topological polar surface area (TPSA) is 72.9 Å². The number of nitrogens with zero attached hydrogens (tertiary/aromatic N) is 2. The maximum absolute atomic E-state index is 12.5. The second-order valence-electron chi connectivity index (χ2n) is 6.18. The van der Waals surface area contributed by atoms with Gasteiger partial charge in [0.15, 0.2) is 0 Å². The molecule has 0 bridgehead atoms. The van der Waals surface area contributed by atoms with Gasteiger partial charge in [0, 0.05) is 37.1 Å². The van der Waals surface area contributed by atoms with Crippen LogP contribution in [0.3, 0.4) is 0 Å². The van der Waals surface area contributed by atoms with Gasteiger partial charge in [0.25, 0.3) is 0 Å². The second-order valence-corrected chi connectivity index (χ2v) is 7.23. The first-order valence-corrected chi connectivity index (χ1v) is 9.32. The number of phenols is 1. The number of carbonyl (C=O) groups is 2. The largest absolute Gasteiger partial charge is 0.508 e. The van der Waals surface area contributed by atoms with E-state index in [9.17, 15) is 14.7 Å². The molecule has 7 heteroatoms. The molecule has 2 aliphatic heterocycles. The molecule has 2 saturated heterocycles. The van der Waals surface area contributed by atoms with E-state index >= 15 is 0 Å². The molecule has 2 fully saturated rings. The van der Waals surface area contributed by atoms with Gasteiger partial charge in [-0.15, -0.1) is 11.8 Å². The highest BCUT2D eigenvalue weighted by molar-refractivity contribution is 8.00. The highest BCUT2D eigenvalue weighted by atomic mass is 32.2. The molecule has 1 unspecified atom stereocenters. The van der Waals surface area contributed by atoms with Crippen LogP contribution in [0.25, 0.3) is 0 Å². The van der Waals surface area contributed by atoms with Gasteiger partial charge in [0.05, 0.1) is 12.3 Å². The average Bonchev–Trinajstić information content (AvgIpc) is 2.61. The zero-order valence-electron chi connectivity index (χ0n) is 13.6. The van der Waals surface area contributed by atoms with E-state index in [-0.39, 0.29) is 23.6 Å². The van der Waals surface area contributed by atoms with E-state index < -0.39 is 0 Å². The van der Waals surface area contributed by atoms with Crippen LogP contribution in [0, 0.1) is 0 Å². The zero-order valence-corrected chi connectivity index (χ0v) is 14.4. The number of aromatic hydroxyl groups is 1. The smallest absolute Gasteiger partial charge is 0.236 e. The van der Waals surface area contributed by atoms with Crippen molar-refractivity contribution in [3.05, 3.63) is 24.3 Å². The van der Waals surface area contributed by atoms with Crippen LogP contribution in [0.2, 0.25) is 0 Å². The molecule has 6 nitrogen and oxygen atoms in total. The van der Waals surface area contributed by atoms with E-state index in [0.717, 1.165) is 37.4 Å². The highest BCUT2D eigenvalue weighted by Gasteiger charge is 2.31. The maximum atomic E-state index is 12.5. The van der Waals surface area contributed by atoms with Gasteiger partial charge < -0.3 is 20.2 Å². The number of benzene rings is 1. The van der Waals surface area contributed by atoms with Crippen molar-refractivity contribution in [3.63, 3.8) is 0 Å². The Kier molecular flexibility index (Phi) is 5.63. The SMILES string of the molecule is O=C(CSc1ccc(O)cc1)N1CCCC(N2CCNCC2=O)C1. The van der Waals surface area contributed by atoms with Crippen LogP contribution in [0.4, 0.5) is 0 Å². The number of nitrogens with one attached hydrogen (secondary N) is 1. The van der Waals surface area contributed by atoms with Crippen LogP contribution in [-0.2, 0) is 9.59 Å². The number of hydrogen-bond donors (Lipinski definition) is 2. The molecular formula is C17H23N3O3S. The molecule has 2 amide bonds. The minimum atomic E-state index is 0.111. The maximum Gasteiger partial charge on any atom is 0.236 e. The Hall–Kier alpha value is -1.73. The van der Waals surface area contributed by atoms with Crippen molar-refractivity contribution in [1.29, 1.82) is 0 Å². The Bertz CT molecular complexity index is 593. The van der Waals surface area contributed by atoms with Crippen molar-refractivity contribution >= 4 is 23.6 Å². The first-order chi connectivity index (χ1) is 11.6.